The molecule has 0 radical (unpaired) electrons. The molecule has 6 heteroatoms. The van der Waals surface area contributed by atoms with E-state index in [-0.39, 0.29) is 11.9 Å². The van der Waals surface area contributed by atoms with Gasteiger partial charge in [0.1, 0.15) is 0 Å². The molecule has 1 unspecified atom stereocenters. The van der Waals surface area contributed by atoms with Gasteiger partial charge in [0.2, 0.25) is 5.96 Å². The fraction of sp³-hybridized carbons (Fsp3) is 0.667. The number of aliphatic carboxylic acids is 1. The van der Waals surface area contributed by atoms with Crippen molar-refractivity contribution >= 4 is 11.9 Å². The second kappa shape index (κ2) is 3.40. The SMILES string of the molecule is N=C(NN)N1CCC(C(=O)O)C1. The minimum Gasteiger partial charge on any atom is -0.481 e. The second-order valence-electron chi connectivity index (χ2n) is 2.76. The highest BCUT2D eigenvalue weighted by molar-refractivity contribution is 5.78. The predicted octanol–water partition coefficient (Wildman–Crippen LogP) is -1.21. The molecule has 0 aromatic rings. The van der Waals surface area contributed by atoms with E-state index in [0.717, 1.165) is 0 Å². The van der Waals surface area contributed by atoms with E-state index < -0.39 is 5.97 Å². The summed E-state index contributed by atoms with van der Waals surface area (Å²) in [6, 6.07) is 0. The Morgan fingerprint density at radius 1 is 1.75 bits per heavy atom. The van der Waals surface area contributed by atoms with E-state index in [2.05, 4.69) is 5.43 Å². The van der Waals surface area contributed by atoms with Crippen LogP contribution in [0.4, 0.5) is 0 Å². The lowest BCUT2D eigenvalue weighted by molar-refractivity contribution is -0.141. The number of carbonyl (C=O) groups is 1. The van der Waals surface area contributed by atoms with Gasteiger partial charge in [0, 0.05) is 13.1 Å². The monoisotopic (exact) mass is 172 g/mol. The van der Waals surface area contributed by atoms with Crippen molar-refractivity contribution in [1.29, 1.82) is 5.41 Å². The van der Waals surface area contributed by atoms with Gasteiger partial charge < -0.3 is 10.0 Å². The van der Waals surface area contributed by atoms with Crippen molar-refractivity contribution in [3.8, 4) is 0 Å². The van der Waals surface area contributed by atoms with Crippen LogP contribution in [0.2, 0.25) is 0 Å². The zero-order valence-electron chi connectivity index (χ0n) is 6.58. The minimum absolute atomic E-state index is 0.0822. The number of hydrogen-bond donors (Lipinski definition) is 4. The maximum atomic E-state index is 10.5. The van der Waals surface area contributed by atoms with E-state index >= 15 is 0 Å². The summed E-state index contributed by atoms with van der Waals surface area (Å²) in [6.07, 6.45) is 0.583. The first-order chi connectivity index (χ1) is 5.65. The number of guanidine groups is 1. The molecule has 6 nitrogen and oxygen atoms in total. The number of rotatable bonds is 1. The van der Waals surface area contributed by atoms with Gasteiger partial charge in [-0.2, -0.15) is 0 Å². The highest BCUT2D eigenvalue weighted by Gasteiger charge is 2.28. The van der Waals surface area contributed by atoms with E-state index in [0.29, 0.717) is 19.5 Å². The summed E-state index contributed by atoms with van der Waals surface area (Å²) >= 11 is 0. The van der Waals surface area contributed by atoms with E-state index in [4.69, 9.17) is 16.4 Å². The van der Waals surface area contributed by atoms with Crippen LogP contribution in [0.25, 0.3) is 0 Å². The van der Waals surface area contributed by atoms with Gasteiger partial charge in [0.25, 0.3) is 0 Å². The average molecular weight is 172 g/mol. The maximum absolute atomic E-state index is 10.5. The van der Waals surface area contributed by atoms with Crippen molar-refractivity contribution in [2.24, 2.45) is 11.8 Å². The molecule has 1 rings (SSSR count). The molecule has 1 aliphatic rings. The molecule has 1 heterocycles. The van der Waals surface area contributed by atoms with Crippen molar-refractivity contribution in [2.75, 3.05) is 13.1 Å². The molecule has 0 spiro atoms. The lowest BCUT2D eigenvalue weighted by Crippen LogP contribution is -2.43. The largest absolute Gasteiger partial charge is 0.481 e. The molecule has 0 aliphatic carbocycles. The van der Waals surface area contributed by atoms with Crippen molar-refractivity contribution < 1.29 is 9.90 Å². The Labute approximate surface area is 69.8 Å². The molecule has 5 N–H and O–H groups in total. The van der Waals surface area contributed by atoms with Crippen LogP contribution in [0.5, 0.6) is 0 Å². The summed E-state index contributed by atoms with van der Waals surface area (Å²) in [5.41, 5.74) is 2.18. The minimum atomic E-state index is -0.803. The standard InChI is InChI=1S/C6H12N4O2/c7-6(9-8)10-2-1-4(3-10)5(11)12/h4H,1-3,8H2,(H2,7,9)(H,11,12). The topological polar surface area (TPSA) is 102 Å². The van der Waals surface area contributed by atoms with Crippen LogP contribution in [-0.2, 0) is 4.79 Å². The third-order valence-corrected chi connectivity index (χ3v) is 1.99. The molecule has 1 fully saturated rings. The fourth-order valence-corrected chi connectivity index (χ4v) is 1.26. The number of nitrogens with one attached hydrogen (secondary N) is 2. The molecule has 68 valence electrons. The smallest absolute Gasteiger partial charge is 0.308 e. The number of likely N-dealkylation sites (tertiary alicyclic amines) is 1. The summed E-state index contributed by atoms with van der Waals surface area (Å²) in [6.45, 7) is 0.957. The Bertz CT molecular complexity index is 206. The van der Waals surface area contributed by atoms with Crippen LogP contribution in [0.3, 0.4) is 0 Å². The summed E-state index contributed by atoms with van der Waals surface area (Å²) in [5.74, 6) is 3.93. The van der Waals surface area contributed by atoms with Crippen molar-refractivity contribution in [3.05, 3.63) is 0 Å². The summed E-state index contributed by atoms with van der Waals surface area (Å²) < 4.78 is 0. The van der Waals surface area contributed by atoms with E-state index in [1.54, 1.807) is 4.90 Å². The normalized spacial score (nSPS) is 22.4. The van der Waals surface area contributed by atoms with Gasteiger partial charge in [-0.15, -0.1) is 0 Å². The van der Waals surface area contributed by atoms with Crippen LogP contribution in [0.15, 0.2) is 0 Å². The molecular formula is C6H12N4O2. The molecule has 1 saturated heterocycles. The van der Waals surface area contributed by atoms with Crippen LogP contribution in [-0.4, -0.2) is 35.0 Å². The number of hydrogen-bond acceptors (Lipinski definition) is 3. The molecule has 1 atom stereocenters. The third-order valence-electron chi connectivity index (χ3n) is 1.99. The lowest BCUT2D eigenvalue weighted by Gasteiger charge is -2.17. The molecule has 12 heavy (non-hydrogen) atoms. The highest BCUT2D eigenvalue weighted by Crippen LogP contribution is 2.15. The Hall–Kier alpha value is -1.30. The predicted molar refractivity (Wildman–Crippen MR) is 42.4 cm³/mol. The number of carboxylic acids is 1. The van der Waals surface area contributed by atoms with Crippen LogP contribution in [0.1, 0.15) is 6.42 Å². The second-order valence-corrected chi connectivity index (χ2v) is 2.76. The van der Waals surface area contributed by atoms with Crippen LogP contribution >= 0.6 is 0 Å². The average Bonchev–Trinajstić information content (AvgIpc) is 2.51. The van der Waals surface area contributed by atoms with Crippen LogP contribution in [0, 0.1) is 11.3 Å². The first-order valence-corrected chi connectivity index (χ1v) is 3.68. The van der Waals surface area contributed by atoms with E-state index in [1.165, 1.54) is 0 Å². The number of nitrogens with zero attached hydrogens (tertiary/aromatic N) is 1. The first-order valence-electron chi connectivity index (χ1n) is 3.68. The summed E-state index contributed by atoms with van der Waals surface area (Å²) in [4.78, 5) is 12.1. The maximum Gasteiger partial charge on any atom is 0.308 e. The van der Waals surface area contributed by atoms with Gasteiger partial charge >= 0.3 is 5.97 Å². The van der Waals surface area contributed by atoms with Crippen LogP contribution < -0.4 is 11.3 Å². The van der Waals surface area contributed by atoms with Gasteiger partial charge in [-0.3, -0.25) is 15.6 Å². The van der Waals surface area contributed by atoms with Crippen molar-refractivity contribution in [1.82, 2.24) is 10.3 Å². The van der Waals surface area contributed by atoms with E-state index in [1.807, 2.05) is 0 Å². The first kappa shape index (κ1) is 8.79. The van der Waals surface area contributed by atoms with Gasteiger partial charge in [0.15, 0.2) is 0 Å². The van der Waals surface area contributed by atoms with Gasteiger partial charge in [-0.05, 0) is 6.42 Å². The number of carboxylic acid groups (broad SMARTS) is 1. The molecule has 0 amide bonds. The molecule has 0 aromatic carbocycles. The Morgan fingerprint density at radius 2 is 2.42 bits per heavy atom. The molecule has 0 saturated carbocycles. The van der Waals surface area contributed by atoms with Gasteiger partial charge in [-0.25, -0.2) is 5.84 Å². The summed E-state index contributed by atoms with van der Waals surface area (Å²) in [7, 11) is 0. The Kier molecular flexibility index (Phi) is 2.49. The molecule has 0 aromatic heterocycles. The van der Waals surface area contributed by atoms with Gasteiger partial charge in [-0.1, -0.05) is 0 Å². The number of nitrogens with two attached hydrogens (primary N) is 1. The van der Waals surface area contributed by atoms with Gasteiger partial charge in [0.05, 0.1) is 5.92 Å². The molecular weight excluding hydrogens is 160 g/mol. The zero-order chi connectivity index (χ0) is 9.14. The van der Waals surface area contributed by atoms with E-state index in [9.17, 15) is 4.79 Å². The molecule has 1 aliphatic heterocycles. The summed E-state index contributed by atoms with van der Waals surface area (Å²) in [5, 5.41) is 15.9. The number of hydrazine groups is 1. The zero-order valence-corrected chi connectivity index (χ0v) is 6.58. The van der Waals surface area contributed by atoms with Crippen molar-refractivity contribution in [2.45, 2.75) is 6.42 Å². The quantitative estimate of drug-likeness (QED) is 0.172. The fourth-order valence-electron chi connectivity index (χ4n) is 1.26. The molecule has 0 bridgehead atoms. The lowest BCUT2D eigenvalue weighted by atomic mass is 10.1. The Balaban J connectivity index is 2.45. The third kappa shape index (κ3) is 1.65. The van der Waals surface area contributed by atoms with Crippen molar-refractivity contribution in [3.63, 3.8) is 0 Å². The highest BCUT2D eigenvalue weighted by atomic mass is 16.4. The Morgan fingerprint density at radius 3 is 2.83 bits per heavy atom.